The van der Waals surface area contributed by atoms with Crippen LogP contribution in [0.3, 0.4) is 0 Å². The molecular formula is C12H14N2O4S. The number of hydrogen-bond acceptors (Lipinski definition) is 6. The second-order valence-corrected chi connectivity index (χ2v) is 5.02. The number of rotatable bonds is 4. The Morgan fingerprint density at radius 1 is 1.58 bits per heavy atom. The van der Waals surface area contributed by atoms with Crippen molar-refractivity contribution >= 4 is 34.4 Å². The minimum absolute atomic E-state index is 0.269. The van der Waals surface area contributed by atoms with Gasteiger partial charge >= 0.3 is 5.97 Å². The molecule has 0 unspecified atom stereocenters. The van der Waals surface area contributed by atoms with Gasteiger partial charge in [-0.1, -0.05) is 5.16 Å². The lowest BCUT2D eigenvalue weighted by Crippen LogP contribution is -2.14. The van der Waals surface area contributed by atoms with Crippen LogP contribution in [0.4, 0.5) is 5.00 Å². The number of anilines is 1. The van der Waals surface area contributed by atoms with Crippen LogP contribution in [0.2, 0.25) is 0 Å². The summed E-state index contributed by atoms with van der Waals surface area (Å²) in [6, 6.07) is 0. The Kier molecular flexibility index (Phi) is 4.16. The van der Waals surface area contributed by atoms with Crippen molar-refractivity contribution in [3.63, 3.8) is 0 Å². The maximum Gasteiger partial charge on any atom is 0.341 e. The summed E-state index contributed by atoms with van der Waals surface area (Å²) in [6.07, 6.45) is 2.69. The first kappa shape index (κ1) is 13.5. The smallest absolute Gasteiger partial charge is 0.341 e. The number of esters is 1. The summed E-state index contributed by atoms with van der Waals surface area (Å²) in [5.41, 5.74) is 1.73. The van der Waals surface area contributed by atoms with E-state index in [1.807, 2.05) is 0 Å². The standard InChI is InChI=1S/C12H14N2O4S/c1-2-18-12(16)9-7-4-3-5-8(14-17)10(7)19-11(9)13-6-15/h6,17H,2-5H2,1H3,(H,13,15). The van der Waals surface area contributed by atoms with Gasteiger partial charge in [0, 0.05) is 0 Å². The van der Waals surface area contributed by atoms with Crippen LogP contribution in [0.15, 0.2) is 5.16 Å². The summed E-state index contributed by atoms with van der Waals surface area (Å²) >= 11 is 1.24. The Morgan fingerprint density at radius 3 is 3.00 bits per heavy atom. The van der Waals surface area contributed by atoms with Crippen LogP contribution in [-0.4, -0.2) is 29.9 Å². The molecule has 1 aromatic rings. The number of carbonyl (C=O) groups is 2. The molecule has 0 atom stereocenters. The summed E-state index contributed by atoms with van der Waals surface area (Å²) in [7, 11) is 0. The third kappa shape index (κ3) is 2.46. The number of amides is 1. The van der Waals surface area contributed by atoms with Gasteiger partial charge in [0.1, 0.15) is 5.00 Å². The van der Waals surface area contributed by atoms with Crippen molar-refractivity contribution < 1.29 is 19.5 Å². The van der Waals surface area contributed by atoms with Crippen LogP contribution in [0.1, 0.15) is 40.6 Å². The van der Waals surface area contributed by atoms with E-state index < -0.39 is 5.97 Å². The lowest BCUT2D eigenvalue weighted by molar-refractivity contribution is -0.105. The number of nitrogens with zero attached hydrogens (tertiary/aromatic N) is 1. The highest BCUT2D eigenvalue weighted by Crippen LogP contribution is 2.38. The molecule has 1 aliphatic carbocycles. The first-order valence-corrected chi connectivity index (χ1v) is 6.78. The van der Waals surface area contributed by atoms with Crippen molar-refractivity contribution in [3.05, 3.63) is 16.0 Å². The van der Waals surface area contributed by atoms with Gasteiger partial charge in [-0.3, -0.25) is 4.79 Å². The highest BCUT2D eigenvalue weighted by Gasteiger charge is 2.29. The van der Waals surface area contributed by atoms with Gasteiger partial charge in [0.2, 0.25) is 6.41 Å². The molecule has 0 spiro atoms. The minimum atomic E-state index is -0.455. The zero-order chi connectivity index (χ0) is 13.8. The van der Waals surface area contributed by atoms with Crippen molar-refractivity contribution in [2.24, 2.45) is 5.16 Å². The van der Waals surface area contributed by atoms with E-state index in [-0.39, 0.29) is 6.61 Å². The van der Waals surface area contributed by atoms with Gasteiger partial charge in [-0.15, -0.1) is 11.3 Å². The molecule has 102 valence electrons. The Labute approximate surface area is 114 Å². The van der Waals surface area contributed by atoms with Crippen LogP contribution >= 0.6 is 11.3 Å². The third-order valence-corrected chi connectivity index (χ3v) is 4.11. The van der Waals surface area contributed by atoms with Crippen molar-refractivity contribution in [3.8, 4) is 0 Å². The molecular weight excluding hydrogens is 268 g/mol. The third-order valence-electron chi connectivity index (χ3n) is 2.90. The molecule has 0 saturated heterocycles. The quantitative estimate of drug-likeness (QED) is 0.383. The molecule has 1 aliphatic rings. The SMILES string of the molecule is CCOC(=O)c1c(NC=O)sc2c1CCCC2=NO. The average Bonchev–Trinajstić information content (AvgIpc) is 2.77. The maximum atomic E-state index is 12.0. The molecule has 0 saturated carbocycles. The molecule has 0 bridgehead atoms. The molecule has 6 nitrogen and oxygen atoms in total. The van der Waals surface area contributed by atoms with E-state index in [1.165, 1.54) is 11.3 Å². The fourth-order valence-electron chi connectivity index (χ4n) is 2.15. The fourth-order valence-corrected chi connectivity index (χ4v) is 3.36. The number of nitrogens with one attached hydrogen (secondary N) is 1. The predicted molar refractivity (Wildman–Crippen MR) is 71.2 cm³/mol. The molecule has 2 rings (SSSR count). The first-order valence-electron chi connectivity index (χ1n) is 5.97. The van der Waals surface area contributed by atoms with Gasteiger partial charge in [0.25, 0.3) is 0 Å². The van der Waals surface area contributed by atoms with E-state index >= 15 is 0 Å². The summed E-state index contributed by atoms with van der Waals surface area (Å²) in [4.78, 5) is 23.4. The number of thiophene rings is 1. The van der Waals surface area contributed by atoms with E-state index in [0.29, 0.717) is 35.5 Å². The zero-order valence-corrected chi connectivity index (χ0v) is 11.2. The summed E-state index contributed by atoms with van der Waals surface area (Å²) in [6.45, 7) is 2.00. The van der Waals surface area contributed by atoms with Crippen LogP contribution in [-0.2, 0) is 16.0 Å². The number of ether oxygens (including phenoxy) is 1. The van der Waals surface area contributed by atoms with Crippen molar-refractivity contribution in [1.29, 1.82) is 0 Å². The maximum absolute atomic E-state index is 12.0. The molecule has 1 aromatic heterocycles. The second kappa shape index (κ2) is 5.83. The Hall–Kier alpha value is -1.89. The fraction of sp³-hybridized carbons (Fsp3) is 0.417. The number of carbonyl (C=O) groups excluding carboxylic acids is 2. The minimum Gasteiger partial charge on any atom is -0.462 e. The topological polar surface area (TPSA) is 88.0 Å². The van der Waals surface area contributed by atoms with E-state index in [0.717, 1.165) is 16.9 Å². The van der Waals surface area contributed by atoms with Crippen molar-refractivity contribution in [2.75, 3.05) is 11.9 Å². The predicted octanol–water partition coefficient (Wildman–Crippen LogP) is 2.01. The Morgan fingerprint density at radius 2 is 2.37 bits per heavy atom. The molecule has 1 amide bonds. The molecule has 0 radical (unpaired) electrons. The molecule has 19 heavy (non-hydrogen) atoms. The highest BCUT2D eigenvalue weighted by atomic mass is 32.1. The van der Waals surface area contributed by atoms with Gasteiger partial charge in [-0.25, -0.2) is 4.79 Å². The van der Waals surface area contributed by atoms with Crippen LogP contribution in [0.25, 0.3) is 0 Å². The van der Waals surface area contributed by atoms with Crippen LogP contribution in [0, 0.1) is 0 Å². The second-order valence-electron chi connectivity index (χ2n) is 4.00. The van der Waals surface area contributed by atoms with Crippen molar-refractivity contribution in [2.45, 2.75) is 26.2 Å². The van der Waals surface area contributed by atoms with Gasteiger partial charge in [0.05, 0.1) is 22.8 Å². The van der Waals surface area contributed by atoms with E-state index in [9.17, 15) is 9.59 Å². The number of oxime groups is 1. The molecule has 7 heteroatoms. The van der Waals surface area contributed by atoms with Crippen LogP contribution < -0.4 is 5.32 Å². The molecule has 2 N–H and O–H groups in total. The van der Waals surface area contributed by atoms with Gasteiger partial charge in [0.15, 0.2) is 0 Å². The first-order chi connectivity index (χ1) is 9.22. The summed E-state index contributed by atoms with van der Waals surface area (Å²) in [5, 5.41) is 15.2. The molecule has 1 heterocycles. The highest BCUT2D eigenvalue weighted by molar-refractivity contribution is 7.18. The van der Waals surface area contributed by atoms with Gasteiger partial charge in [-0.05, 0) is 31.7 Å². The van der Waals surface area contributed by atoms with Gasteiger partial charge < -0.3 is 15.3 Å². The summed E-state index contributed by atoms with van der Waals surface area (Å²) < 4.78 is 5.02. The Balaban J connectivity index is 2.53. The van der Waals surface area contributed by atoms with E-state index in [2.05, 4.69) is 10.5 Å². The molecule has 0 aromatic carbocycles. The van der Waals surface area contributed by atoms with Gasteiger partial charge in [-0.2, -0.15) is 0 Å². The molecule has 0 fully saturated rings. The summed E-state index contributed by atoms with van der Waals surface area (Å²) in [5.74, 6) is -0.455. The average molecular weight is 282 g/mol. The van der Waals surface area contributed by atoms with Crippen LogP contribution in [0.5, 0.6) is 0 Å². The normalized spacial score (nSPS) is 15.9. The lowest BCUT2D eigenvalue weighted by Gasteiger charge is -2.13. The monoisotopic (exact) mass is 282 g/mol. The number of hydrogen-bond donors (Lipinski definition) is 2. The molecule has 0 aliphatic heterocycles. The Bertz CT molecular complexity index is 536. The zero-order valence-electron chi connectivity index (χ0n) is 10.4. The van der Waals surface area contributed by atoms with E-state index in [1.54, 1.807) is 6.92 Å². The van der Waals surface area contributed by atoms with E-state index in [4.69, 9.17) is 9.94 Å². The number of fused-ring (bicyclic) bond motifs is 1. The van der Waals surface area contributed by atoms with Crippen molar-refractivity contribution in [1.82, 2.24) is 0 Å². The lowest BCUT2D eigenvalue weighted by atomic mass is 9.94. The largest absolute Gasteiger partial charge is 0.462 e.